The number of nitrogens with zero attached hydrogens (tertiary/aromatic N) is 1. The van der Waals surface area contributed by atoms with Crippen molar-refractivity contribution in [2.45, 2.75) is 17.7 Å². The van der Waals surface area contributed by atoms with Crippen LogP contribution in [-0.2, 0) is 14.4 Å². The lowest BCUT2D eigenvalue weighted by atomic mass is 10.00. The number of ether oxygens (including phenoxy) is 1. The average molecular weight is 236 g/mol. The molecule has 0 aliphatic carbocycles. The number of carbonyl (C=O) groups excluding carboxylic acids is 1. The van der Waals surface area contributed by atoms with E-state index in [-0.39, 0.29) is 5.71 Å². The first-order valence-corrected chi connectivity index (χ1v) is 4.35. The van der Waals surface area contributed by atoms with E-state index in [0.717, 1.165) is 0 Å². The van der Waals surface area contributed by atoms with Crippen LogP contribution >= 0.6 is 15.9 Å². The van der Waals surface area contributed by atoms with Gasteiger partial charge in [0.2, 0.25) is 0 Å². The molecule has 1 rings (SSSR count). The predicted octanol–water partition coefficient (Wildman–Crippen LogP) is 1.09. The smallest absolute Gasteiger partial charge is 0.357 e. The first kappa shape index (κ1) is 9.51. The number of cyclic esters (lactones) is 1. The van der Waals surface area contributed by atoms with Crippen LogP contribution in [0.4, 0.5) is 0 Å². The zero-order valence-corrected chi connectivity index (χ0v) is 8.55. The minimum Gasteiger partial charge on any atom is -0.461 e. The maximum absolute atomic E-state index is 11.1. The predicted molar refractivity (Wildman–Crippen MR) is 47.4 cm³/mol. The molecule has 0 amide bonds. The van der Waals surface area contributed by atoms with Gasteiger partial charge in [0.1, 0.15) is 7.11 Å². The molecule has 0 radical (unpaired) electrons. The van der Waals surface area contributed by atoms with Gasteiger partial charge in [-0.3, -0.25) is 0 Å². The van der Waals surface area contributed by atoms with E-state index in [9.17, 15) is 4.79 Å². The molecule has 12 heavy (non-hydrogen) atoms. The lowest BCUT2D eigenvalue weighted by Gasteiger charge is -2.26. The monoisotopic (exact) mass is 235 g/mol. The van der Waals surface area contributed by atoms with Crippen molar-refractivity contribution in [3.63, 3.8) is 0 Å². The van der Waals surface area contributed by atoms with Crippen LogP contribution in [0.5, 0.6) is 0 Å². The zero-order valence-electron chi connectivity index (χ0n) is 6.96. The SMILES string of the molecule is CO/N=C1/C(=O)OCCC1(C)Br. The molecule has 68 valence electrons. The van der Waals surface area contributed by atoms with Crippen LogP contribution in [0.25, 0.3) is 0 Å². The van der Waals surface area contributed by atoms with Crippen molar-refractivity contribution >= 4 is 27.6 Å². The fourth-order valence-electron chi connectivity index (χ4n) is 0.959. The lowest BCUT2D eigenvalue weighted by Crippen LogP contribution is -2.42. The number of halogens is 1. The van der Waals surface area contributed by atoms with Crippen molar-refractivity contribution in [2.75, 3.05) is 13.7 Å². The van der Waals surface area contributed by atoms with Gasteiger partial charge in [-0.2, -0.15) is 0 Å². The van der Waals surface area contributed by atoms with Crippen LogP contribution in [0.2, 0.25) is 0 Å². The van der Waals surface area contributed by atoms with Gasteiger partial charge >= 0.3 is 5.97 Å². The zero-order chi connectivity index (χ0) is 9.19. The molecule has 0 aromatic rings. The summed E-state index contributed by atoms with van der Waals surface area (Å²) in [7, 11) is 1.40. The van der Waals surface area contributed by atoms with E-state index in [1.807, 2.05) is 6.92 Å². The third kappa shape index (κ3) is 1.77. The summed E-state index contributed by atoms with van der Waals surface area (Å²) in [6.45, 7) is 2.29. The summed E-state index contributed by atoms with van der Waals surface area (Å²) in [5.41, 5.74) is 0.288. The van der Waals surface area contributed by atoms with Gasteiger partial charge in [0.05, 0.1) is 10.9 Å². The fourth-order valence-corrected chi connectivity index (χ4v) is 1.35. The molecule has 1 atom stereocenters. The molecule has 1 heterocycles. The highest BCUT2D eigenvalue weighted by Gasteiger charge is 2.38. The van der Waals surface area contributed by atoms with Gasteiger partial charge in [0.15, 0.2) is 5.71 Å². The lowest BCUT2D eigenvalue weighted by molar-refractivity contribution is -0.137. The molecule has 4 nitrogen and oxygen atoms in total. The van der Waals surface area contributed by atoms with Crippen molar-refractivity contribution in [3.8, 4) is 0 Å². The number of alkyl halides is 1. The van der Waals surface area contributed by atoms with E-state index in [2.05, 4.69) is 25.9 Å². The highest BCUT2D eigenvalue weighted by atomic mass is 79.9. The Labute approximate surface area is 79.0 Å². The molecule has 5 heteroatoms. The van der Waals surface area contributed by atoms with Crippen LogP contribution in [0.3, 0.4) is 0 Å². The molecular formula is C7H10BrNO3. The summed E-state index contributed by atoms with van der Waals surface area (Å²) in [6, 6.07) is 0. The third-order valence-corrected chi connectivity index (χ3v) is 2.45. The molecule has 1 saturated heterocycles. The van der Waals surface area contributed by atoms with Crippen molar-refractivity contribution in [3.05, 3.63) is 0 Å². The van der Waals surface area contributed by atoms with Gasteiger partial charge in [-0.1, -0.05) is 21.1 Å². The Morgan fingerprint density at radius 2 is 2.42 bits per heavy atom. The minimum atomic E-state index is -0.418. The van der Waals surface area contributed by atoms with Gasteiger partial charge in [-0.25, -0.2) is 4.79 Å². The standard InChI is InChI=1S/C7H10BrNO3/c1-7(8)3-4-12-6(10)5(7)9-11-2/h3-4H2,1-2H3/b9-5-. The van der Waals surface area contributed by atoms with Gasteiger partial charge in [-0.05, 0) is 6.92 Å². The summed E-state index contributed by atoms with van der Waals surface area (Å²) in [5.74, 6) is -0.414. The van der Waals surface area contributed by atoms with Crippen LogP contribution < -0.4 is 0 Å². The second-order valence-electron chi connectivity index (χ2n) is 2.71. The minimum absolute atomic E-state index is 0.288. The average Bonchev–Trinajstić information content (AvgIpc) is 1.97. The quantitative estimate of drug-likeness (QED) is 0.389. The van der Waals surface area contributed by atoms with Crippen LogP contribution in [-0.4, -0.2) is 29.7 Å². The van der Waals surface area contributed by atoms with E-state index < -0.39 is 10.3 Å². The summed E-state index contributed by atoms with van der Waals surface area (Å²) < 4.78 is 4.38. The number of esters is 1. The van der Waals surface area contributed by atoms with Crippen LogP contribution in [0, 0.1) is 0 Å². The molecule has 0 aromatic heterocycles. The Morgan fingerprint density at radius 3 is 2.92 bits per heavy atom. The molecule has 0 N–H and O–H groups in total. The Hall–Kier alpha value is -0.580. The fraction of sp³-hybridized carbons (Fsp3) is 0.714. The largest absolute Gasteiger partial charge is 0.461 e. The second kappa shape index (κ2) is 3.43. The normalized spacial score (nSPS) is 33.2. The topological polar surface area (TPSA) is 47.9 Å². The number of carbonyl (C=O) groups is 1. The van der Waals surface area contributed by atoms with E-state index >= 15 is 0 Å². The molecule has 1 aliphatic heterocycles. The number of oxime groups is 1. The molecular weight excluding hydrogens is 226 g/mol. The summed E-state index contributed by atoms with van der Waals surface area (Å²) in [6.07, 6.45) is 0.709. The number of rotatable bonds is 1. The van der Waals surface area contributed by atoms with Gasteiger partial charge in [-0.15, -0.1) is 0 Å². The van der Waals surface area contributed by atoms with E-state index in [4.69, 9.17) is 4.74 Å². The van der Waals surface area contributed by atoms with Gasteiger partial charge in [0, 0.05) is 6.42 Å². The number of hydrogen-bond acceptors (Lipinski definition) is 4. The molecule has 0 bridgehead atoms. The van der Waals surface area contributed by atoms with E-state index in [1.54, 1.807) is 0 Å². The highest BCUT2D eigenvalue weighted by molar-refractivity contribution is 9.10. The first-order valence-electron chi connectivity index (χ1n) is 3.55. The van der Waals surface area contributed by atoms with Crippen molar-refractivity contribution < 1.29 is 14.4 Å². The summed E-state index contributed by atoms with van der Waals surface area (Å²) >= 11 is 3.39. The third-order valence-electron chi connectivity index (χ3n) is 1.67. The molecule has 1 aliphatic rings. The Kier molecular flexibility index (Phi) is 2.72. The highest BCUT2D eigenvalue weighted by Crippen LogP contribution is 2.28. The molecule has 0 spiro atoms. The Balaban J connectivity index is 2.89. The van der Waals surface area contributed by atoms with Crippen LogP contribution in [0.15, 0.2) is 5.16 Å². The van der Waals surface area contributed by atoms with E-state index in [1.165, 1.54) is 7.11 Å². The van der Waals surface area contributed by atoms with Crippen LogP contribution in [0.1, 0.15) is 13.3 Å². The second-order valence-corrected chi connectivity index (χ2v) is 4.46. The molecule has 0 saturated carbocycles. The molecule has 0 aromatic carbocycles. The maximum Gasteiger partial charge on any atom is 0.357 e. The number of hydrogen-bond donors (Lipinski definition) is 0. The van der Waals surface area contributed by atoms with Crippen molar-refractivity contribution in [1.82, 2.24) is 0 Å². The van der Waals surface area contributed by atoms with Gasteiger partial charge in [0.25, 0.3) is 0 Å². The Bertz CT molecular complexity index is 225. The summed E-state index contributed by atoms with van der Waals surface area (Å²) in [5, 5.41) is 3.61. The Morgan fingerprint density at radius 1 is 1.75 bits per heavy atom. The van der Waals surface area contributed by atoms with Crippen molar-refractivity contribution in [1.29, 1.82) is 0 Å². The summed E-state index contributed by atoms with van der Waals surface area (Å²) in [4.78, 5) is 15.7. The maximum atomic E-state index is 11.1. The molecule has 1 unspecified atom stereocenters. The van der Waals surface area contributed by atoms with E-state index in [0.29, 0.717) is 13.0 Å². The van der Waals surface area contributed by atoms with Crippen molar-refractivity contribution in [2.24, 2.45) is 5.16 Å². The van der Waals surface area contributed by atoms with Gasteiger partial charge < -0.3 is 9.57 Å². The molecule has 1 fully saturated rings. The first-order chi connectivity index (χ1) is 5.58.